The van der Waals surface area contributed by atoms with Gasteiger partial charge in [0, 0.05) is 19.3 Å². The van der Waals surface area contributed by atoms with Crippen molar-refractivity contribution in [3.8, 4) is 0 Å². The van der Waals surface area contributed by atoms with E-state index in [-0.39, 0.29) is 30.6 Å². The summed E-state index contributed by atoms with van der Waals surface area (Å²) in [6.07, 6.45) is 22.3. The third-order valence-electron chi connectivity index (χ3n) is 7.46. The van der Waals surface area contributed by atoms with E-state index in [2.05, 4.69) is 4.90 Å². The first-order valence-corrected chi connectivity index (χ1v) is 16.6. The van der Waals surface area contributed by atoms with Crippen molar-refractivity contribution in [3.63, 3.8) is 0 Å². The highest BCUT2D eigenvalue weighted by Crippen LogP contribution is 2.21. The number of unbranched alkanes of at least 4 members (excludes halogenated alkanes) is 10. The van der Waals surface area contributed by atoms with Crippen LogP contribution in [0, 0.1) is 0 Å². The first kappa shape index (κ1) is 38.4. The van der Waals surface area contributed by atoms with Gasteiger partial charge < -0.3 is 19.5 Å². The van der Waals surface area contributed by atoms with Crippen LogP contribution in [0.15, 0.2) is 0 Å². The van der Waals surface area contributed by atoms with Crippen LogP contribution in [-0.4, -0.2) is 60.8 Å². The van der Waals surface area contributed by atoms with Gasteiger partial charge >= 0.3 is 17.9 Å². The summed E-state index contributed by atoms with van der Waals surface area (Å²) in [6.45, 7) is 4.89. The number of aliphatic carboxylic acids is 1. The minimum atomic E-state index is -0.713. The molecule has 1 rings (SSSR count). The van der Waals surface area contributed by atoms with Crippen molar-refractivity contribution in [1.29, 1.82) is 0 Å². The molecule has 1 aliphatic carbocycles. The van der Waals surface area contributed by atoms with Crippen LogP contribution in [0.5, 0.6) is 0 Å². The Labute approximate surface area is 246 Å². The van der Waals surface area contributed by atoms with Crippen LogP contribution in [0.1, 0.15) is 162 Å². The van der Waals surface area contributed by atoms with E-state index < -0.39 is 5.97 Å². The topological polar surface area (TPSA) is 93.1 Å². The van der Waals surface area contributed by atoms with Gasteiger partial charge in [0.05, 0.1) is 0 Å². The van der Waals surface area contributed by atoms with Crippen molar-refractivity contribution in [1.82, 2.24) is 4.90 Å². The number of carboxylic acid groups (broad SMARTS) is 1. The van der Waals surface area contributed by atoms with E-state index in [1.807, 2.05) is 27.9 Å². The van der Waals surface area contributed by atoms with Crippen LogP contribution >= 0.6 is 0 Å². The van der Waals surface area contributed by atoms with Crippen LogP contribution in [-0.2, 0) is 23.9 Å². The lowest BCUT2D eigenvalue weighted by Crippen LogP contribution is -2.20. The van der Waals surface area contributed by atoms with E-state index in [1.54, 1.807) is 0 Å². The third-order valence-corrected chi connectivity index (χ3v) is 7.46. The molecule has 0 radical (unpaired) electrons. The number of carboxylic acids is 1. The number of esters is 2. The summed E-state index contributed by atoms with van der Waals surface area (Å²) in [4.78, 5) is 37.1. The second-order valence-electron chi connectivity index (χ2n) is 11.5. The second kappa shape index (κ2) is 27.5. The summed E-state index contributed by atoms with van der Waals surface area (Å²) in [6, 6.07) is 0. The average molecular weight is 570 g/mol. The predicted molar refractivity (Wildman–Crippen MR) is 163 cm³/mol. The average Bonchev–Trinajstić information content (AvgIpc) is 2.92. The highest BCUT2D eigenvalue weighted by Gasteiger charge is 2.17. The molecular formula is C33H63NO6. The summed E-state index contributed by atoms with van der Waals surface area (Å²) in [5, 5.41) is 8.72. The zero-order chi connectivity index (χ0) is 29.8. The van der Waals surface area contributed by atoms with Crippen molar-refractivity contribution in [3.05, 3.63) is 0 Å². The van der Waals surface area contributed by atoms with Gasteiger partial charge in [-0.05, 0) is 91.3 Å². The van der Waals surface area contributed by atoms with Gasteiger partial charge in [-0.2, -0.15) is 0 Å². The molecule has 7 nitrogen and oxygen atoms in total. The van der Waals surface area contributed by atoms with Gasteiger partial charge in [-0.15, -0.1) is 0 Å². The van der Waals surface area contributed by atoms with Crippen LogP contribution in [0.25, 0.3) is 0 Å². The van der Waals surface area contributed by atoms with E-state index in [0.717, 1.165) is 116 Å². The normalized spacial score (nSPS) is 14.3. The Morgan fingerprint density at radius 2 is 1.15 bits per heavy atom. The molecule has 1 atom stereocenters. The molecule has 1 N–H and O–H groups in total. The van der Waals surface area contributed by atoms with Gasteiger partial charge in [-0.25, -0.2) is 0 Å². The Hall–Kier alpha value is -1.63. The molecule has 0 aromatic carbocycles. The molecule has 0 aliphatic heterocycles. The molecule has 236 valence electrons. The highest BCUT2D eigenvalue weighted by molar-refractivity contribution is 5.69. The van der Waals surface area contributed by atoms with Crippen LogP contribution in [0.2, 0.25) is 0 Å². The van der Waals surface area contributed by atoms with Crippen molar-refractivity contribution < 1.29 is 29.0 Å². The Kier molecular flexibility index (Phi) is 26.4. The number of nitrogens with zero attached hydrogens (tertiary/aromatic N) is 1. The van der Waals surface area contributed by atoms with Crippen LogP contribution in [0.3, 0.4) is 0 Å². The number of ether oxygens (including phenoxy) is 2. The molecule has 40 heavy (non-hydrogen) atoms. The molecule has 0 amide bonds. The number of carbonyl (C=O) groups excluding carboxylic acids is 2. The zero-order valence-corrected chi connectivity index (χ0v) is 26.6. The van der Waals surface area contributed by atoms with E-state index >= 15 is 0 Å². The van der Waals surface area contributed by atoms with Crippen molar-refractivity contribution >= 4 is 17.9 Å². The number of hydrogen-bond acceptors (Lipinski definition) is 6. The minimum Gasteiger partial charge on any atom is -0.481 e. The molecule has 0 aromatic heterocycles. The maximum atomic E-state index is 12.4. The number of rotatable bonds is 24. The minimum absolute atomic E-state index is 0.00317. The van der Waals surface area contributed by atoms with Gasteiger partial charge in [0.2, 0.25) is 0 Å². The van der Waals surface area contributed by atoms with Crippen molar-refractivity contribution in [2.24, 2.45) is 0 Å². The third kappa shape index (κ3) is 25.3. The van der Waals surface area contributed by atoms with Crippen LogP contribution < -0.4 is 0 Å². The highest BCUT2D eigenvalue weighted by atomic mass is 16.5. The predicted octanol–water partition coefficient (Wildman–Crippen LogP) is 8.47. The SMILES string of the molecule is CC.CN(C)CCCC(=O)OC(CCCCCCCCC(=O)O)CCCCCCCCC(=O)OC1CCCCC1. The number of hydrogen-bond donors (Lipinski definition) is 1. The fraction of sp³-hybridized carbons (Fsp3) is 0.909. The van der Waals surface area contributed by atoms with E-state index in [0.29, 0.717) is 12.8 Å². The maximum Gasteiger partial charge on any atom is 0.306 e. The molecule has 0 aromatic rings. The van der Waals surface area contributed by atoms with E-state index in [4.69, 9.17) is 14.6 Å². The fourth-order valence-electron chi connectivity index (χ4n) is 5.18. The molecule has 1 fully saturated rings. The summed E-state index contributed by atoms with van der Waals surface area (Å²) in [5.41, 5.74) is 0. The molecule has 1 unspecified atom stereocenters. The first-order chi connectivity index (χ1) is 19.4. The molecule has 7 heteroatoms. The largest absolute Gasteiger partial charge is 0.481 e. The maximum absolute atomic E-state index is 12.4. The van der Waals surface area contributed by atoms with Gasteiger partial charge in [-0.1, -0.05) is 71.6 Å². The number of carbonyl (C=O) groups is 3. The fourth-order valence-corrected chi connectivity index (χ4v) is 5.18. The van der Waals surface area contributed by atoms with E-state index in [1.165, 1.54) is 19.3 Å². The zero-order valence-electron chi connectivity index (χ0n) is 26.6. The Morgan fingerprint density at radius 3 is 1.68 bits per heavy atom. The lowest BCUT2D eigenvalue weighted by atomic mass is 9.98. The van der Waals surface area contributed by atoms with Gasteiger partial charge in [-0.3, -0.25) is 14.4 Å². The lowest BCUT2D eigenvalue weighted by molar-refractivity contribution is -0.151. The van der Waals surface area contributed by atoms with Crippen molar-refractivity contribution in [2.45, 2.75) is 174 Å². The quantitative estimate of drug-likeness (QED) is 0.0920. The molecule has 0 saturated heterocycles. The monoisotopic (exact) mass is 569 g/mol. The first-order valence-electron chi connectivity index (χ1n) is 16.6. The summed E-state index contributed by atoms with van der Waals surface area (Å²) in [7, 11) is 4.03. The summed E-state index contributed by atoms with van der Waals surface area (Å²) >= 11 is 0. The van der Waals surface area contributed by atoms with E-state index in [9.17, 15) is 14.4 Å². The standard InChI is InChI=1S/C31H57NO6.C2H6/c1-32(2)26-18-25-31(36)38-27(19-12-7-3-5-9-16-23-29(33)34)20-13-8-4-6-10-17-24-30(35)37-28-21-14-11-15-22-28;1-2/h27-28H,3-26H2,1-2H3,(H,33,34);1-2H3. The molecule has 1 saturated carbocycles. The lowest BCUT2D eigenvalue weighted by Gasteiger charge is -2.21. The van der Waals surface area contributed by atoms with Gasteiger partial charge in [0.15, 0.2) is 0 Å². The molecule has 1 aliphatic rings. The van der Waals surface area contributed by atoms with Gasteiger partial charge in [0.25, 0.3) is 0 Å². The van der Waals surface area contributed by atoms with Gasteiger partial charge in [0.1, 0.15) is 12.2 Å². The van der Waals surface area contributed by atoms with Crippen LogP contribution in [0.4, 0.5) is 0 Å². The Morgan fingerprint density at radius 1 is 0.675 bits per heavy atom. The summed E-state index contributed by atoms with van der Waals surface area (Å²) in [5.74, 6) is -0.812. The second-order valence-corrected chi connectivity index (χ2v) is 11.5. The smallest absolute Gasteiger partial charge is 0.306 e. The molecule has 0 heterocycles. The molecule has 0 bridgehead atoms. The Bertz CT molecular complexity index is 618. The molecular weight excluding hydrogens is 506 g/mol. The Balaban J connectivity index is 0.00000742. The van der Waals surface area contributed by atoms with Crippen molar-refractivity contribution in [2.75, 3.05) is 20.6 Å². The molecule has 0 spiro atoms. The summed E-state index contributed by atoms with van der Waals surface area (Å²) < 4.78 is 11.5.